The lowest BCUT2D eigenvalue weighted by molar-refractivity contribution is 0.0922. The average Bonchev–Trinajstić information content (AvgIpc) is 2.94. The molecule has 7 nitrogen and oxygen atoms in total. The number of amides is 3. The van der Waals surface area contributed by atoms with Crippen molar-refractivity contribution in [1.29, 1.82) is 0 Å². The molecule has 1 aromatic heterocycles. The van der Waals surface area contributed by atoms with Crippen molar-refractivity contribution >= 4 is 23.5 Å². The Morgan fingerprint density at radius 1 is 1.15 bits per heavy atom. The number of aliphatic hydroxyl groups excluding tert-OH is 1. The molecule has 1 unspecified atom stereocenters. The van der Waals surface area contributed by atoms with E-state index in [0.717, 1.165) is 4.90 Å². The van der Waals surface area contributed by atoms with Crippen LogP contribution in [0.4, 0.5) is 5.82 Å². The van der Waals surface area contributed by atoms with Crippen molar-refractivity contribution in [3.05, 3.63) is 83.2 Å². The van der Waals surface area contributed by atoms with E-state index < -0.39 is 23.8 Å². The Bertz CT molecular complexity index is 1010. The normalized spacial score (nSPS) is 18.3. The van der Waals surface area contributed by atoms with Gasteiger partial charge in [0.25, 0.3) is 17.7 Å². The lowest BCUT2D eigenvalue weighted by Crippen LogP contribution is -2.30. The summed E-state index contributed by atoms with van der Waals surface area (Å²) in [6.07, 6.45) is 6.30. The summed E-state index contributed by atoms with van der Waals surface area (Å²) in [5.41, 5.74) is 0.986. The number of aromatic nitrogens is 1. The number of benzene rings is 1. The number of nitrogens with one attached hydrogen (secondary N) is 1. The van der Waals surface area contributed by atoms with Crippen LogP contribution in [-0.4, -0.2) is 33.9 Å². The number of hydrogen-bond acceptors (Lipinski definition) is 5. The first-order valence-electron chi connectivity index (χ1n) is 8.36. The first kappa shape index (κ1) is 16.9. The highest BCUT2D eigenvalue weighted by atomic mass is 16.3. The first-order chi connectivity index (χ1) is 13.1. The van der Waals surface area contributed by atoms with Gasteiger partial charge >= 0.3 is 0 Å². The molecule has 0 fully saturated rings. The molecule has 2 heterocycles. The van der Waals surface area contributed by atoms with E-state index in [1.165, 1.54) is 24.4 Å². The molecule has 1 atom stereocenters. The molecule has 1 aliphatic heterocycles. The van der Waals surface area contributed by atoms with E-state index in [2.05, 4.69) is 10.3 Å². The largest absolute Gasteiger partial charge is 0.387 e. The maximum atomic E-state index is 12.7. The number of nitrogens with zero attached hydrogens (tertiary/aromatic N) is 2. The number of imide groups is 1. The molecule has 1 aliphatic carbocycles. The lowest BCUT2D eigenvalue weighted by atomic mass is 10.0. The van der Waals surface area contributed by atoms with E-state index in [1.807, 2.05) is 0 Å². The van der Waals surface area contributed by atoms with Crippen LogP contribution in [0.2, 0.25) is 0 Å². The summed E-state index contributed by atoms with van der Waals surface area (Å²) in [6, 6.07) is 9.27. The van der Waals surface area contributed by atoms with Crippen molar-refractivity contribution in [2.45, 2.75) is 12.5 Å². The third-order valence-electron chi connectivity index (χ3n) is 4.42. The summed E-state index contributed by atoms with van der Waals surface area (Å²) in [7, 11) is 0. The van der Waals surface area contributed by atoms with Crippen LogP contribution in [-0.2, 0) is 0 Å². The SMILES string of the molecule is O=C(NC1=CC=CCC1O)c1ccc2c(c1)C(=O)N(c1ccccn1)C2=O. The van der Waals surface area contributed by atoms with Gasteiger partial charge in [0, 0.05) is 17.5 Å². The highest BCUT2D eigenvalue weighted by Crippen LogP contribution is 2.27. The quantitative estimate of drug-likeness (QED) is 0.813. The molecule has 0 bridgehead atoms. The molecule has 1 aromatic carbocycles. The molecule has 2 aromatic rings. The van der Waals surface area contributed by atoms with Gasteiger partial charge in [-0.25, -0.2) is 9.88 Å². The van der Waals surface area contributed by atoms with Crippen LogP contribution >= 0.6 is 0 Å². The van der Waals surface area contributed by atoms with E-state index in [1.54, 1.807) is 36.4 Å². The fourth-order valence-electron chi connectivity index (χ4n) is 3.02. The van der Waals surface area contributed by atoms with Gasteiger partial charge in [0.1, 0.15) is 5.82 Å². The maximum absolute atomic E-state index is 12.7. The van der Waals surface area contributed by atoms with Gasteiger partial charge in [-0.2, -0.15) is 0 Å². The Labute approximate surface area is 154 Å². The molecule has 0 radical (unpaired) electrons. The van der Waals surface area contributed by atoms with E-state index >= 15 is 0 Å². The first-order valence-corrected chi connectivity index (χ1v) is 8.36. The second-order valence-electron chi connectivity index (χ2n) is 6.15. The minimum atomic E-state index is -0.781. The van der Waals surface area contributed by atoms with Crippen molar-refractivity contribution in [2.24, 2.45) is 0 Å². The Morgan fingerprint density at radius 2 is 1.96 bits per heavy atom. The summed E-state index contributed by atoms with van der Waals surface area (Å²) < 4.78 is 0. The zero-order chi connectivity index (χ0) is 19.0. The predicted octanol–water partition coefficient (Wildman–Crippen LogP) is 1.82. The Morgan fingerprint density at radius 3 is 2.70 bits per heavy atom. The molecular formula is C20H15N3O4. The summed E-state index contributed by atoms with van der Waals surface area (Å²) in [5, 5.41) is 12.6. The fraction of sp³-hybridized carbons (Fsp3) is 0.100. The van der Waals surface area contributed by atoms with Crippen LogP contribution in [0.1, 0.15) is 37.5 Å². The number of hydrogen-bond donors (Lipinski definition) is 2. The number of pyridine rings is 1. The third kappa shape index (κ3) is 2.94. The lowest BCUT2D eigenvalue weighted by Gasteiger charge is -2.17. The summed E-state index contributed by atoms with van der Waals surface area (Å²) >= 11 is 0. The molecule has 4 rings (SSSR count). The minimum Gasteiger partial charge on any atom is -0.387 e. The summed E-state index contributed by atoms with van der Waals surface area (Å²) in [6.45, 7) is 0. The van der Waals surface area contributed by atoms with Gasteiger partial charge in [-0.05, 0) is 42.8 Å². The number of carbonyl (C=O) groups excluding carboxylic acids is 3. The fourth-order valence-corrected chi connectivity index (χ4v) is 3.02. The number of carbonyl (C=O) groups is 3. The Hall–Kier alpha value is -3.58. The van der Waals surface area contributed by atoms with Crippen LogP contribution < -0.4 is 10.2 Å². The number of fused-ring (bicyclic) bond motifs is 1. The smallest absolute Gasteiger partial charge is 0.267 e. The molecule has 2 aliphatic rings. The number of aliphatic hydroxyl groups is 1. The monoisotopic (exact) mass is 361 g/mol. The Kier molecular flexibility index (Phi) is 4.13. The number of allylic oxidation sites excluding steroid dienone is 2. The highest BCUT2D eigenvalue weighted by molar-refractivity contribution is 6.34. The molecule has 27 heavy (non-hydrogen) atoms. The van der Waals surface area contributed by atoms with Gasteiger partial charge in [0.15, 0.2) is 0 Å². The van der Waals surface area contributed by atoms with Gasteiger partial charge in [-0.3, -0.25) is 14.4 Å². The Balaban J connectivity index is 1.62. The molecular weight excluding hydrogens is 346 g/mol. The van der Waals surface area contributed by atoms with Gasteiger partial charge in [0.2, 0.25) is 0 Å². The molecule has 2 N–H and O–H groups in total. The van der Waals surface area contributed by atoms with Gasteiger partial charge < -0.3 is 10.4 Å². The maximum Gasteiger partial charge on any atom is 0.267 e. The number of anilines is 1. The predicted molar refractivity (Wildman–Crippen MR) is 97.1 cm³/mol. The topological polar surface area (TPSA) is 99.6 Å². The van der Waals surface area contributed by atoms with Crippen molar-refractivity contribution in [3.63, 3.8) is 0 Å². The summed E-state index contributed by atoms with van der Waals surface area (Å²) in [4.78, 5) is 42.8. The molecule has 0 saturated heterocycles. The van der Waals surface area contributed by atoms with E-state index in [-0.39, 0.29) is 22.5 Å². The molecule has 7 heteroatoms. The van der Waals surface area contributed by atoms with Crippen molar-refractivity contribution in [1.82, 2.24) is 10.3 Å². The van der Waals surface area contributed by atoms with Crippen LogP contribution in [0.3, 0.4) is 0 Å². The van der Waals surface area contributed by atoms with E-state index in [0.29, 0.717) is 12.1 Å². The highest BCUT2D eigenvalue weighted by Gasteiger charge is 2.37. The minimum absolute atomic E-state index is 0.149. The number of rotatable bonds is 3. The van der Waals surface area contributed by atoms with Gasteiger partial charge in [-0.1, -0.05) is 18.2 Å². The molecule has 0 spiro atoms. The van der Waals surface area contributed by atoms with Crippen LogP contribution in [0.15, 0.2) is 66.5 Å². The van der Waals surface area contributed by atoms with Gasteiger partial charge in [0.05, 0.1) is 17.2 Å². The van der Waals surface area contributed by atoms with Crippen molar-refractivity contribution in [3.8, 4) is 0 Å². The van der Waals surface area contributed by atoms with Crippen LogP contribution in [0.5, 0.6) is 0 Å². The van der Waals surface area contributed by atoms with Crippen LogP contribution in [0, 0.1) is 0 Å². The van der Waals surface area contributed by atoms with Crippen molar-refractivity contribution < 1.29 is 19.5 Å². The average molecular weight is 361 g/mol. The molecule has 0 saturated carbocycles. The molecule has 134 valence electrons. The van der Waals surface area contributed by atoms with E-state index in [9.17, 15) is 19.5 Å². The summed E-state index contributed by atoms with van der Waals surface area (Å²) in [5.74, 6) is -1.23. The molecule has 3 amide bonds. The van der Waals surface area contributed by atoms with Crippen molar-refractivity contribution in [2.75, 3.05) is 4.90 Å². The zero-order valence-electron chi connectivity index (χ0n) is 14.1. The van der Waals surface area contributed by atoms with Gasteiger partial charge in [-0.15, -0.1) is 0 Å². The second kappa shape index (κ2) is 6.62. The van der Waals surface area contributed by atoms with Crippen LogP contribution in [0.25, 0.3) is 0 Å². The zero-order valence-corrected chi connectivity index (χ0v) is 14.1. The van der Waals surface area contributed by atoms with E-state index in [4.69, 9.17) is 0 Å². The third-order valence-corrected chi connectivity index (χ3v) is 4.42. The second-order valence-corrected chi connectivity index (χ2v) is 6.15. The standard InChI is InChI=1S/C20H15N3O4/c24-16-6-2-1-5-15(16)22-18(25)12-8-9-13-14(11-12)20(27)23(19(13)26)17-7-3-4-10-21-17/h1-5,7-11,16,24H,6H2,(H,22,25).